The second-order valence-electron chi connectivity index (χ2n) is 5.11. The third-order valence-electron chi connectivity index (χ3n) is 3.34. The Kier molecular flexibility index (Phi) is 5.63. The number of ether oxygens (including phenoxy) is 1. The number of carbonyl (C=O) groups is 1. The zero-order valence-corrected chi connectivity index (χ0v) is 14.0. The summed E-state index contributed by atoms with van der Waals surface area (Å²) in [5.74, 6) is 0.162. The van der Waals surface area contributed by atoms with Crippen molar-refractivity contribution in [2.45, 2.75) is 20.5 Å². The van der Waals surface area contributed by atoms with Gasteiger partial charge >= 0.3 is 5.24 Å². The van der Waals surface area contributed by atoms with Gasteiger partial charge in [-0.05, 0) is 37.8 Å². The SMILES string of the molecule is CSC(=O)N(O)c1cc(F)ccc1COc1ccc(C)cc1C. The van der Waals surface area contributed by atoms with Crippen LogP contribution in [0.3, 0.4) is 0 Å². The highest BCUT2D eigenvalue weighted by atomic mass is 32.2. The highest BCUT2D eigenvalue weighted by molar-refractivity contribution is 8.13. The number of carbonyl (C=O) groups excluding carboxylic acids is 1. The fourth-order valence-electron chi connectivity index (χ4n) is 2.16. The molecule has 1 amide bonds. The van der Waals surface area contributed by atoms with E-state index in [0.717, 1.165) is 29.0 Å². The van der Waals surface area contributed by atoms with E-state index >= 15 is 0 Å². The molecule has 0 spiro atoms. The number of aryl methyl sites for hydroxylation is 2. The molecule has 122 valence electrons. The molecule has 0 unspecified atom stereocenters. The van der Waals surface area contributed by atoms with Gasteiger partial charge in [-0.3, -0.25) is 10.0 Å². The molecule has 4 nitrogen and oxygen atoms in total. The summed E-state index contributed by atoms with van der Waals surface area (Å²) < 4.78 is 19.2. The minimum Gasteiger partial charge on any atom is -0.489 e. The molecule has 0 aliphatic heterocycles. The lowest BCUT2D eigenvalue weighted by molar-refractivity contribution is 0.223. The molecule has 0 atom stereocenters. The smallest absolute Gasteiger partial charge is 0.309 e. The van der Waals surface area contributed by atoms with Gasteiger partial charge in [-0.25, -0.2) is 4.39 Å². The number of anilines is 1. The van der Waals surface area contributed by atoms with E-state index in [1.54, 1.807) is 0 Å². The number of amides is 1. The maximum atomic E-state index is 13.4. The Hall–Kier alpha value is -2.05. The van der Waals surface area contributed by atoms with E-state index in [-0.39, 0.29) is 12.3 Å². The van der Waals surface area contributed by atoms with E-state index < -0.39 is 11.1 Å². The maximum Gasteiger partial charge on any atom is 0.309 e. The topological polar surface area (TPSA) is 49.8 Å². The van der Waals surface area contributed by atoms with Crippen LogP contribution in [0.2, 0.25) is 0 Å². The molecular formula is C17H18FNO3S. The van der Waals surface area contributed by atoms with Crippen LogP contribution in [0.25, 0.3) is 0 Å². The summed E-state index contributed by atoms with van der Waals surface area (Å²) in [6, 6.07) is 9.65. The van der Waals surface area contributed by atoms with Crippen LogP contribution in [-0.4, -0.2) is 16.7 Å². The zero-order chi connectivity index (χ0) is 17.0. The molecular weight excluding hydrogens is 317 g/mol. The molecule has 0 radical (unpaired) electrons. The van der Waals surface area contributed by atoms with Gasteiger partial charge in [-0.2, -0.15) is 5.06 Å². The Labute approximate surface area is 138 Å². The van der Waals surface area contributed by atoms with E-state index in [1.807, 2.05) is 32.0 Å². The molecule has 1 N–H and O–H groups in total. The lowest BCUT2D eigenvalue weighted by Gasteiger charge is -2.18. The second kappa shape index (κ2) is 7.48. The quantitative estimate of drug-likeness (QED) is 0.650. The summed E-state index contributed by atoms with van der Waals surface area (Å²) in [5, 5.41) is 9.77. The summed E-state index contributed by atoms with van der Waals surface area (Å²) in [6.07, 6.45) is 1.54. The highest BCUT2D eigenvalue weighted by Gasteiger charge is 2.17. The average Bonchev–Trinajstić information content (AvgIpc) is 2.53. The molecule has 0 aromatic heterocycles. The molecule has 0 saturated carbocycles. The number of benzene rings is 2. The zero-order valence-electron chi connectivity index (χ0n) is 13.2. The van der Waals surface area contributed by atoms with Crippen LogP contribution in [0.4, 0.5) is 14.9 Å². The number of hydrogen-bond acceptors (Lipinski definition) is 4. The monoisotopic (exact) mass is 335 g/mol. The fourth-order valence-corrected chi connectivity index (χ4v) is 2.43. The lowest BCUT2D eigenvalue weighted by atomic mass is 10.1. The Balaban J connectivity index is 2.24. The fraction of sp³-hybridized carbons (Fsp3) is 0.235. The van der Waals surface area contributed by atoms with Crippen LogP contribution >= 0.6 is 11.8 Å². The summed E-state index contributed by atoms with van der Waals surface area (Å²) in [5.41, 5.74) is 2.70. The standard InChI is InChI=1S/C17H18FNO3S/c1-11-4-7-16(12(2)8-11)22-10-13-5-6-14(18)9-15(13)19(21)17(20)23-3/h4-9,21H,10H2,1-3H3. The van der Waals surface area contributed by atoms with Crippen LogP contribution in [0.1, 0.15) is 16.7 Å². The number of hydroxylamine groups is 1. The number of rotatable bonds is 4. The van der Waals surface area contributed by atoms with Crippen molar-refractivity contribution in [2.75, 3.05) is 11.3 Å². The second-order valence-corrected chi connectivity index (χ2v) is 5.87. The van der Waals surface area contributed by atoms with E-state index in [2.05, 4.69) is 0 Å². The van der Waals surface area contributed by atoms with Gasteiger partial charge in [-0.15, -0.1) is 0 Å². The Morgan fingerprint density at radius 1 is 1.26 bits per heavy atom. The predicted molar refractivity (Wildman–Crippen MR) is 89.8 cm³/mol. The Morgan fingerprint density at radius 3 is 2.65 bits per heavy atom. The van der Waals surface area contributed by atoms with Crippen LogP contribution in [-0.2, 0) is 6.61 Å². The van der Waals surface area contributed by atoms with Crippen molar-refractivity contribution in [1.82, 2.24) is 0 Å². The van der Waals surface area contributed by atoms with E-state index in [9.17, 15) is 14.4 Å². The van der Waals surface area contributed by atoms with Crippen LogP contribution < -0.4 is 9.80 Å². The molecule has 0 aliphatic rings. The Bertz CT molecular complexity index is 721. The van der Waals surface area contributed by atoms with Crippen LogP contribution in [0.15, 0.2) is 36.4 Å². The molecule has 0 aliphatic carbocycles. The molecule has 0 bridgehead atoms. The minimum absolute atomic E-state index is 0.0779. The summed E-state index contributed by atoms with van der Waals surface area (Å²) in [6.45, 7) is 4.04. The average molecular weight is 335 g/mol. The summed E-state index contributed by atoms with van der Waals surface area (Å²) in [4.78, 5) is 11.6. The molecule has 2 rings (SSSR count). The molecule has 0 saturated heterocycles. The first-order chi connectivity index (χ1) is 10.9. The van der Waals surface area contributed by atoms with Gasteiger partial charge < -0.3 is 4.74 Å². The maximum absolute atomic E-state index is 13.4. The number of thioether (sulfide) groups is 1. The van der Waals surface area contributed by atoms with Gasteiger partial charge in [0.15, 0.2) is 0 Å². The van der Waals surface area contributed by atoms with E-state index in [0.29, 0.717) is 16.4 Å². The molecule has 0 heterocycles. The van der Waals surface area contributed by atoms with Crippen molar-refractivity contribution in [3.05, 3.63) is 58.9 Å². The molecule has 23 heavy (non-hydrogen) atoms. The van der Waals surface area contributed by atoms with Crippen LogP contribution in [0.5, 0.6) is 5.75 Å². The van der Waals surface area contributed by atoms with Crippen molar-refractivity contribution < 1.29 is 19.1 Å². The lowest BCUT2D eigenvalue weighted by Crippen LogP contribution is -2.24. The van der Waals surface area contributed by atoms with Crippen molar-refractivity contribution in [3.63, 3.8) is 0 Å². The van der Waals surface area contributed by atoms with Crippen molar-refractivity contribution in [1.29, 1.82) is 0 Å². The van der Waals surface area contributed by atoms with Gasteiger partial charge in [0.25, 0.3) is 0 Å². The first-order valence-corrected chi connectivity index (χ1v) is 8.20. The van der Waals surface area contributed by atoms with Gasteiger partial charge in [0, 0.05) is 11.6 Å². The van der Waals surface area contributed by atoms with Gasteiger partial charge in [-0.1, -0.05) is 35.5 Å². The van der Waals surface area contributed by atoms with Gasteiger partial charge in [0.2, 0.25) is 0 Å². The highest BCUT2D eigenvalue weighted by Crippen LogP contribution is 2.26. The first-order valence-electron chi connectivity index (χ1n) is 6.98. The molecule has 2 aromatic carbocycles. The number of halogens is 1. The van der Waals surface area contributed by atoms with Crippen molar-refractivity contribution in [2.24, 2.45) is 0 Å². The van der Waals surface area contributed by atoms with Gasteiger partial charge in [0.05, 0.1) is 5.69 Å². The first kappa shape index (κ1) is 17.3. The third-order valence-corrected chi connectivity index (χ3v) is 3.86. The predicted octanol–water partition coefficient (Wildman–Crippen LogP) is 4.70. The number of nitrogens with zero attached hydrogens (tertiary/aromatic N) is 1. The minimum atomic E-state index is -0.594. The van der Waals surface area contributed by atoms with Gasteiger partial charge in [0.1, 0.15) is 18.2 Å². The largest absolute Gasteiger partial charge is 0.489 e. The summed E-state index contributed by atoms with van der Waals surface area (Å²) in [7, 11) is 0. The normalized spacial score (nSPS) is 10.5. The van der Waals surface area contributed by atoms with E-state index in [1.165, 1.54) is 18.4 Å². The molecule has 0 fully saturated rings. The third kappa shape index (κ3) is 4.24. The van der Waals surface area contributed by atoms with E-state index in [4.69, 9.17) is 4.74 Å². The van der Waals surface area contributed by atoms with Crippen molar-refractivity contribution >= 4 is 22.7 Å². The molecule has 2 aromatic rings. The summed E-state index contributed by atoms with van der Waals surface area (Å²) >= 11 is 0.835. The molecule has 6 heteroatoms. The number of hydrogen-bond donors (Lipinski definition) is 1. The Morgan fingerprint density at radius 2 is 2.00 bits per heavy atom. The van der Waals surface area contributed by atoms with Crippen LogP contribution in [0, 0.1) is 19.7 Å². The van der Waals surface area contributed by atoms with Crippen molar-refractivity contribution in [3.8, 4) is 5.75 Å².